The smallest absolute Gasteiger partial charge is 0.255 e. The van der Waals surface area contributed by atoms with Crippen molar-refractivity contribution in [3.63, 3.8) is 0 Å². The third-order valence-corrected chi connectivity index (χ3v) is 7.37. The van der Waals surface area contributed by atoms with E-state index in [2.05, 4.69) is 132 Å². The first-order valence-corrected chi connectivity index (χ1v) is 10.9. The summed E-state index contributed by atoms with van der Waals surface area (Å²) in [6.45, 7) is 28.0. The normalized spacial score (nSPS) is 20.6. The minimum absolute atomic E-state index is 0. The molecule has 0 unspecified atom stereocenters. The molecule has 0 saturated carbocycles. The molecule has 0 bridgehead atoms. The zero-order valence-electron chi connectivity index (χ0n) is 21.2. The molecule has 0 amide bonds. The van der Waals surface area contributed by atoms with Gasteiger partial charge in [0, 0.05) is 0 Å². The van der Waals surface area contributed by atoms with Crippen LogP contribution in [0.2, 0.25) is 0 Å². The summed E-state index contributed by atoms with van der Waals surface area (Å²) in [7, 11) is 0. The molecule has 2 aliphatic rings. The molecule has 0 atom stereocenters. The Morgan fingerprint density at radius 2 is 0.759 bits per heavy atom. The molecule has 0 N–H and O–H groups in total. The van der Waals surface area contributed by atoms with Gasteiger partial charge in [0.25, 0.3) is 0 Å². The number of hydrogen-bond acceptors (Lipinski definition) is 0. The molecule has 0 spiro atoms. The Morgan fingerprint density at radius 1 is 0.517 bits per heavy atom. The maximum atomic E-state index is 3.18. The van der Waals surface area contributed by atoms with E-state index >= 15 is 0 Å². The monoisotopic (exact) mass is 575 g/mol. The molecule has 0 aliphatic heterocycles. The maximum Gasteiger partial charge on any atom is 3.00 e. The molecule has 0 heterocycles. The average molecular weight is 575 g/mol. The van der Waals surface area contributed by atoms with Gasteiger partial charge in [-0.1, -0.05) is 107 Å². The summed E-state index contributed by atoms with van der Waals surface area (Å²) in [6, 6.07) is 0. The van der Waals surface area contributed by atoms with Gasteiger partial charge in [-0.15, -0.1) is 0 Å². The Bertz CT molecular complexity index is 542. The summed E-state index contributed by atoms with van der Waals surface area (Å²) in [5, 5.41) is 0. The van der Waals surface area contributed by atoms with E-state index in [-0.39, 0.29) is 30.9 Å². The molecule has 0 fully saturated rings. The fraction of sp³-hybridized carbons (Fsp3) is 0.714. The Balaban J connectivity index is 0.000000523. The van der Waals surface area contributed by atoms with Gasteiger partial charge in [-0.05, 0) is 21.7 Å². The van der Waals surface area contributed by atoms with Crippen LogP contribution in [0, 0.1) is 44.6 Å². The molecule has 0 aromatic heterocycles. The quantitative estimate of drug-likeness (QED) is 0.254. The van der Waals surface area contributed by atoms with Crippen molar-refractivity contribution in [3.8, 4) is 0 Å². The van der Waals surface area contributed by atoms with Crippen molar-refractivity contribution < 1.29 is 20.1 Å². The van der Waals surface area contributed by atoms with Crippen molar-refractivity contribution >= 4 is 0 Å². The van der Waals surface area contributed by atoms with Gasteiger partial charge in [0.2, 0.25) is 0 Å². The van der Waals surface area contributed by atoms with E-state index in [0.717, 1.165) is 12.8 Å². The minimum atomic E-state index is 0. The van der Waals surface area contributed by atoms with Gasteiger partial charge in [-0.2, -0.15) is 12.2 Å². The van der Waals surface area contributed by atoms with Gasteiger partial charge in [0.05, 0.1) is 0 Å². The first kappa shape index (κ1) is 28.6. The molecule has 2 rings (SSSR count). The molecule has 166 valence electrons. The predicted molar refractivity (Wildman–Crippen MR) is 126 cm³/mol. The summed E-state index contributed by atoms with van der Waals surface area (Å²) >= 11 is 0. The molecule has 0 saturated heterocycles. The molecule has 0 aromatic carbocycles. The fourth-order valence-electron chi connectivity index (χ4n) is 5.57. The molecule has 29 heavy (non-hydrogen) atoms. The zero-order valence-corrected chi connectivity index (χ0v) is 23.6. The van der Waals surface area contributed by atoms with Gasteiger partial charge in [-0.3, -0.25) is 12.2 Å². The van der Waals surface area contributed by atoms with Crippen LogP contribution in [0.25, 0.3) is 0 Å². The van der Waals surface area contributed by atoms with Crippen molar-refractivity contribution in [2.45, 2.75) is 95.9 Å². The average Bonchev–Trinajstić information content (AvgIpc) is 2.53. The second-order valence-corrected chi connectivity index (χ2v) is 12.8. The largest absolute Gasteiger partial charge is 3.00 e. The third kappa shape index (κ3) is 5.86. The Hall–Kier alpha value is -0.391. The van der Waals surface area contributed by atoms with E-state index in [0.29, 0.717) is 21.7 Å². The van der Waals surface area contributed by atoms with Crippen LogP contribution in [0.3, 0.4) is 0 Å². The van der Waals surface area contributed by atoms with E-state index in [1.54, 1.807) is 0 Å². The van der Waals surface area contributed by atoms with Crippen LogP contribution in [0.15, 0.2) is 36.5 Å². The first-order chi connectivity index (χ1) is 12.4. The van der Waals surface area contributed by atoms with Crippen molar-refractivity contribution in [1.29, 1.82) is 0 Å². The summed E-state index contributed by atoms with van der Waals surface area (Å²) in [5.74, 6) is 0. The van der Waals surface area contributed by atoms with Crippen LogP contribution in [0.5, 0.6) is 0 Å². The van der Waals surface area contributed by atoms with Crippen LogP contribution >= 0.6 is 0 Å². The summed E-state index contributed by atoms with van der Waals surface area (Å²) < 4.78 is 0. The van der Waals surface area contributed by atoms with Gasteiger partial charge in [0.15, 0.2) is 0 Å². The minimum Gasteiger partial charge on any atom is -0.255 e. The van der Waals surface area contributed by atoms with Gasteiger partial charge >= 0.3 is 20.1 Å². The van der Waals surface area contributed by atoms with Gasteiger partial charge in [-0.25, -0.2) is 24.3 Å². The number of hydrogen-bond donors (Lipinski definition) is 0. The SMILES string of the molecule is CC(C)(C)C1(C(C)(C)C)C=C[C-]=CC1.CC(C)(C)C1(C(C)(C)C)C=C[C-]=CC1.[Ir+3]. The topological polar surface area (TPSA) is 0 Å². The summed E-state index contributed by atoms with van der Waals surface area (Å²) in [4.78, 5) is 0. The second kappa shape index (κ2) is 9.40. The number of rotatable bonds is 0. The van der Waals surface area contributed by atoms with E-state index in [9.17, 15) is 0 Å². The van der Waals surface area contributed by atoms with Crippen LogP contribution in [-0.2, 0) is 20.1 Å². The van der Waals surface area contributed by atoms with Gasteiger partial charge in [0.1, 0.15) is 0 Å². The second-order valence-electron chi connectivity index (χ2n) is 12.8. The van der Waals surface area contributed by atoms with Crippen LogP contribution in [0.1, 0.15) is 95.9 Å². The Morgan fingerprint density at radius 3 is 0.862 bits per heavy atom. The maximum absolute atomic E-state index is 3.18. The Labute approximate surface area is 196 Å². The van der Waals surface area contributed by atoms with Gasteiger partial charge < -0.3 is 0 Å². The fourth-order valence-corrected chi connectivity index (χ4v) is 5.57. The van der Waals surface area contributed by atoms with E-state index in [1.807, 2.05) is 0 Å². The van der Waals surface area contributed by atoms with Crippen LogP contribution in [0.4, 0.5) is 0 Å². The van der Waals surface area contributed by atoms with Crippen molar-refractivity contribution in [2.24, 2.45) is 32.5 Å². The summed E-state index contributed by atoms with van der Waals surface area (Å²) in [6.07, 6.45) is 21.8. The predicted octanol–water partition coefficient (Wildman–Crippen LogP) is 8.77. The molecule has 0 aromatic rings. The molecular formula is C28H46Ir+. The first-order valence-electron chi connectivity index (χ1n) is 10.9. The van der Waals surface area contributed by atoms with E-state index in [4.69, 9.17) is 0 Å². The van der Waals surface area contributed by atoms with Crippen molar-refractivity contribution in [2.75, 3.05) is 0 Å². The molecule has 0 nitrogen and oxygen atoms in total. The van der Waals surface area contributed by atoms with Crippen molar-refractivity contribution in [3.05, 3.63) is 48.6 Å². The number of allylic oxidation sites excluding steroid dienone is 8. The zero-order chi connectivity index (χ0) is 22.1. The standard InChI is InChI=1S/2C14H23.Ir/c2*1-12(2,3)14(13(4,5)6)10-8-7-9-11-14;/h2*8-10H,11H2,1-6H3;/q2*-1;+3. The molecule has 2 aliphatic carbocycles. The van der Waals surface area contributed by atoms with Crippen LogP contribution < -0.4 is 0 Å². The van der Waals surface area contributed by atoms with Crippen molar-refractivity contribution in [1.82, 2.24) is 0 Å². The van der Waals surface area contributed by atoms with E-state index < -0.39 is 0 Å². The third-order valence-electron chi connectivity index (χ3n) is 7.37. The molecule has 1 heteroatoms. The molecular weight excluding hydrogens is 529 g/mol. The summed E-state index contributed by atoms with van der Waals surface area (Å²) in [5.41, 5.74) is 1.68. The van der Waals surface area contributed by atoms with E-state index in [1.165, 1.54) is 0 Å². The Kier molecular flexibility index (Phi) is 9.27. The van der Waals surface area contributed by atoms with Crippen LogP contribution in [-0.4, -0.2) is 0 Å². The molecule has 0 radical (unpaired) electrons.